The van der Waals surface area contributed by atoms with E-state index < -0.39 is 5.97 Å². The van der Waals surface area contributed by atoms with Gasteiger partial charge in [0.1, 0.15) is 0 Å². The molecule has 0 unspecified atom stereocenters. The Morgan fingerprint density at radius 3 is 1.84 bits per heavy atom. The van der Waals surface area contributed by atoms with Gasteiger partial charge < -0.3 is 9.67 Å². The third-order valence-corrected chi connectivity index (χ3v) is 2.94. The average Bonchev–Trinajstić information content (AvgIpc) is 2.85. The molecule has 19 heavy (non-hydrogen) atoms. The third-order valence-electron chi connectivity index (χ3n) is 2.94. The van der Waals surface area contributed by atoms with Gasteiger partial charge in [0.2, 0.25) is 0 Å². The summed E-state index contributed by atoms with van der Waals surface area (Å²) in [7, 11) is 0. The Kier molecular flexibility index (Phi) is 12.3. The minimum Gasteiger partial charge on any atom is -0.481 e. The van der Waals surface area contributed by atoms with Crippen LogP contribution in [0, 0.1) is 0 Å². The van der Waals surface area contributed by atoms with Crippen LogP contribution in [0.3, 0.4) is 0 Å². The molecule has 0 aliphatic heterocycles. The summed E-state index contributed by atoms with van der Waals surface area (Å²) in [6, 6.07) is 4.20. The van der Waals surface area contributed by atoms with Crippen LogP contribution >= 0.6 is 0 Å². The van der Waals surface area contributed by atoms with Gasteiger partial charge in [0.05, 0.1) is 0 Å². The van der Waals surface area contributed by atoms with E-state index in [1.54, 1.807) is 0 Å². The van der Waals surface area contributed by atoms with Crippen molar-refractivity contribution in [1.29, 1.82) is 0 Å². The first-order valence-electron chi connectivity index (χ1n) is 7.47. The standard InChI is InChI=1S/C14H25N.C2H4O2/c1-2-3-4-5-6-7-8-9-12-15-13-10-11-14-15;1-2(3)4/h10-11,13-14H,2-9,12H2,1H3;1H3,(H,3,4). The van der Waals surface area contributed by atoms with Crippen molar-refractivity contribution in [1.82, 2.24) is 4.57 Å². The fourth-order valence-electron chi connectivity index (χ4n) is 1.95. The van der Waals surface area contributed by atoms with Gasteiger partial charge in [0.15, 0.2) is 0 Å². The number of nitrogens with zero attached hydrogens (tertiary/aromatic N) is 1. The normalized spacial score (nSPS) is 9.79. The van der Waals surface area contributed by atoms with Gasteiger partial charge in [-0.15, -0.1) is 0 Å². The topological polar surface area (TPSA) is 42.2 Å². The van der Waals surface area contributed by atoms with Crippen molar-refractivity contribution in [3.05, 3.63) is 24.5 Å². The maximum atomic E-state index is 9.00. The van der Waals surface area contributed by atoms with Crippen molar-refractivity contribution >= 4 is 5.97 Å². The average molecular weight is 267 g/mol. The van der Waals surface area contributed by atoms with Crippen LogP contribution < -0.4 is 0 Å². The molecule has 0 atom stereocenters. The Bertz CT molecular complexity index is 290. The molecule has 3 nitrogen and oxygen atoms in total. The zero-order valence-corrected chi connectivity index (χ0v) is 12.5. The predicted octanol–water partition coefficient (Wildman–Crippen LogP) is 4.72. The van der Waals surface area contributed by atoms with Crippen LogP contribution in [0.15, 0.2) is 24.5 Å². The van der Waals surface area contributed by atoms with Gasteiger partial charge in [-0.2, -0.15) is 0 Å². The molecular formula is C16H29NO2. The number of hydrogen-bond acceptors (Lipinski definition) is 1. The Morgan fingerprint density at radius 2 is 1.37 bits per heavy atom. The van der Waals surface area contributed by atoms with Crippen LogP contribution in [-0.4, -0.2) is 15.6 Å². The Labute approximate surface area is 117 Å². The molecule has 0 radical (unpaired) electrons. The third kappa shape index (κ3) is 14.7. The molecule has 1 aromatic rings. The largest absolute Gasteiger partial charge is 0.481 e. The maximum absolute atomic E-state index is 9.00. The van der Waals surface area contributed by atoms with E-state index in [0.29, 0.717) is 0 Å². The second-order valence-corrected chi connectivity index (χ2v) is 4.91. The van der Waals surface area contributed by atoms with Gasteiger partial charge in [0, 0.05) is 25.9 Å². The summed E-state index contributed by atoms with van der Waals surface area (Å²) in [5.41, 5.74) is 0. The number of hydrogen-bond donors (Lipinski definition) is 1. The quantitative estimate of drug-likeness (QED) is 0.658. The highest BCUT2D eigenvalue weighted by Gasteiger charge is 1.92. The number of carboxylic acid groups (broad SMARTS) is 1. The smallest absolute Gasteiger partial charge is 0.300 e. The highest BCUT2D eigenvalue weighted by atomic mass is 16.4. The second kappa shape index (κ2) is 13.2. The first-order valence-corrected chi connectivity index (χ1v) is 7.47. The number of aromatic nitrogens is 1. The number of rotatable bonds is 9. The Hall–Kier alpha value is -1.25. The summed E-state index contributed by atoms with van der Waals surface area (Å²) in [5.74, 6) is -0.833. The molecule has 0 saturated carbocycles. The van der Waals surface area contributed by atoms with Gasteiger partial charge in [-0.05, 0) is 18.6 Å². The first kappa shape index (κ1) is 17.8. The van der Waals surface area contributed by atoms with E-state index in [1.807, 2.05) is 0 Å². The summed E-state index contributed by atoms with van der Waals surface area (Å²) < 4.78 is 2.27. The number of aryl methyl sites for hydroxylation is 1. The van der Waals surface area contributed by atoms with Crippen molar-refractivity contribution in [2.24, 2.45) is 0 Å². The van der Waals surface area contributed by atoms with Crippen molar-refractivity contribution in [2.75, 3.05) is 0 Å². The number of carbonyl (C=O) groups is 1. The van der Waals surface area contributed by atoms with Crippen molar-refractivity contribution in [3.8, 4) is 0 Å². The highest BCUT2D eigenvalue weighted by Crippen LogP contribution is 2.09. The Morgan fingerprint density at radius 1 is 0.947 bits per heavy atom. The lowest BCUT2D eigenvalue weighted by Crippen LogP contribution is -1.93. The molecule has 0 aliphatic rings. The van der Waals surface area contributed by atoms with Crippen molar-refractivity contribution in [3.63, 3.8) is 0 Å². The van der Waals surface area contributed by atoms with E-state index in [0.717, 1.165) is 6.92 Å². The lowest BCUT2D eigenvalue weighted by atomic mass is 10.1. The molecule has 0 aliphatic carbocycles. The van der Waals surface area contributed by atoms with Crippen LogP contribution in [0.4, 0.5) is 0 Å². The van der Waals surface area contributed by atoms with Crippen molar-refractivity contribution in [2.45, 2.75) is 71.8 Å². The Balaban J connectivity index is 0.000000711. The fourth-order valence-corrected chi connectivity index (χ4v) is 1.95. The van der Waals surface area contributed by atoms with Gasteiger partial charge in [0.25, 0.3) is 5.97 Å². The van der Waals surface area contributed by atoms with E-state index in [1.165, 1.54) is 57.9 Å². The van der Waals surface area contributed by atoms with E-state index in [9.17, 15) is 0 Å². The number of aliphatic carboxylic acids is 1. The molecule has 0 fully saturated rings. The lowest BCUT2D eigenvalue weighted by Gasteiger charge is -2.03. The minimum absolute atomic E-state index is 0.833. The minimum atomic E-state index is -0.833. The molecule has 1 aromatic heterocycles. The molecule has 110 valence electrons. The first-order chi connectivity index (χ1) is 9.16. The van der Waals surface area contributed by atoms with E-state index >= 15 is 0 Å². The molecule has 0 bridgehead atoms. The molecule has 1 heterocycles. The second-order valence-electron chi connectivity index (χ2n) is 4.91. The molecule has 3 heteroatoms. The molecule has 1 N–H and O–H groups in total. The predicted molar refractivity (Wildman–Crippen MR) is 80.4 cm³/mol. The monoisotopic (exact) mass is 267 g/mol. The van der Waals surface area contributed by atoms with Crippen LogP contribution in [0.1, 0.15) is 65.2 Å². The van der Waals surface area contributed by atoms with E-state index in [4.69, 9.17) is 9.90 Å². The zero-order valence-electron chi connectivity index (χ0n) is 12.5. The summed E-state index contributed by atoms with van der Waals surface area (Å²) in [6.45, 7) is 4.55. The van der Waals surface area contributed by atoms with E-state index in [-0.39, 0.29) is 0 Å². The molecular weight excluding hydrogens is 238 g/mol. The van der Waals surface area contributed by atoms with Crippen LogP contribution in [-0.2, 0) is 11.3 Å². The highest BCUT2D eigenvalue weighted by molar-refractivity contribution is 5.62. The number of carboxylic acids is 1. The van der Waals surface area contributed by atoms with Gasteiger partial charge in [-0.1, -0.05) is 51.9 Å². The summed E-state index contributed by atoms with van der Waals surface area (Å²) in [4.78, 5) is 9.00. The molecule has 0 aromatic carbocycles. The SMILES string of the molecule is CC(=O)O.CCCCCCCCCCn1cccc1. The summed E-state index contributed by atoms with van der Waals surface area (Å²) in [5, 5.41) is 7.42. The summed E-state index contributed by atoms with van der Waals surface area (Å²) >= 11 is 0. The van der Waals surface area contributed by atoms with Gasteiger partial charge in [-0.25, -0.2) is 0 Å². The van der Waals surface area contributed by atoms with Gasteiger partial charge in [-0.3, -0.25) is 4.79 Å². The van der Waals surface area contributed by atoms with Crippen LogP contribution in [0.25, 0.3) is 0 Å². The maximum Gasteiger partial charge on any atom is 0.300 e. The summed E-state index contributed by atoms with van der Waals surface area (Å²) in [6.07, 6.45) is 15.5. The molecule has 0 spiro atoms. The molecule has 0 saturated heterocycles. The van der Waals surface area contributed by atoms with Crippen LogP contribution in [0.2, 0.25) is 0 Å². The fraction of sp³-hybridized carbons (Fsp3) is 0.688. The lowest BCUT2D eigenvalue weighted by molar-refractivity contribution is -0.134. The van der Waals surface area contributed by atoms with Crippen LogP contribution in [0.5, 0.6) is 0 Å². The number of unbranched alkanes of at least 4 members (excludes halogenated alkanes) is 7. The molecule has 0 amide bonds. The zero-order chi connectivity index (χ0) is 14.3. The molecule has 1 rings (SSSR count). The van der Waals surface area contributed by atoms with E-state index in [2.05, 4.69) is 36.0 Å². The van der Waals surface area contributed by atoms with Crippen molar-refractivity contribution < 1.29 is 9.90 Å². The van der Waals surface area contributed by atoms with Gasteiger partial charge >= 0.3 is 0 Å².